The summed E-state index contributed by atoms with van der Waals surface area (Å²) in [6, 6.07) is 1.77. The molecule has 1 aliphatic carbocycles. The highest BCUT2D eigenvalue weighted by Gasteiger charge is 2.16. The maximum absolute atomic E-state index is 5.59. The van der Waals surface area contributed by atoms with Crippen LogP contribution in [0.25, 0.3) is 0 Å². The zero-order chi connectivity index (χ0) is 8.23. The third-order valence-corrected chi connectivity index (χ3v) is 2.10. The molecule has 0 saturated heterocycles. The number of rotatable bonds is 2. The van der Waals surface area contributed by atoms with Crippen LogP contribution in [0.5, 0.6) is 5.88 Å². The van der Waals surface area contributed by atoms with Crippen molar-refractivity contribution < 1.29 is 4.74 Å². The van der Waals surface area contributed by atoms with E-state index in [2.05, 4.69) is 16.3 Å². The minimum absolute atomic E-state index is 0.369. The summed E-state index contributed by atoms with van der Waals surface area (Å²) in [5, 5.41) is 0. The number of hydrogen-bond donors (Lipinski definition) is 0. The topological polar surface area (TPSA) is 35.0 Å². The van der Waals surface area contributed by atoms with Gasteiger partial charge in [-0.05, 0) is 25.7 Å². The Kier molecular flexibility index (Phi) is 2.21. The highest BCUT2D eigenvalue weighted by atomic mass is 16.5. The molecule has 1 heterocycles. The molecular weight excluding hydrogens is 152 g/mol. The van der Waals surface area contributed by atoms with Crippen LogP contribution in [0.15, 0.2) is 12.3 Å². The van der Waals surface area contributed by atoms with E-state index < -0.39 is 0 Å². The van der Waals surface area contributed by atoms with Crippen LogP contribution < -0.4 is 4.74 Å². The van der Waals surface area contributed by atoms with Gasteiger partial charge in [0, 0.05) is 12.3 Å². The summed E-state index contributed by atoms with van der Waals surface area (Å²) in [6.07, 6.45) is 9.40. The zero-order valence-electron chi connectivity index (χ0n) is 6.86. The van der Waals surface area contributed by atoms with Crippen LogP contribution in [-0.2, 0) is 0 Å². The Hall–Kier alpha value is -1.12. The second kappa shape index (κ2) is 3.52. The summed E-state index contributed by atoms with van der Waals surface area (Å²) < 4.78 is 5.59. The first-order valence-electron chi connectivity index (χ1n) is 4.31. The van der Waals surface area contributed by atoms with Gasteiger partial charge in [0.15, 0.2) is 0 Å². The van der Waals surface area contributed by atoms with Crippen LogP contribution in [0, 0.1) is 6.33 Å². The Morgan fingerprint density at radius 3 is 2.92 bits per heavy atom. The monoisotopic (exact) mass is 163 g/mol. The largest absolute Gasteiger partial charge is 0.474 e. The second-order valence-electron chi connectivity index (χ2n) is 3.02. The van der Waals surface area contributed by atoms with Crippen molar-refractivity contribution in [3.05, 3.63) is 18.6 Å². The lowest BCUT2D eigenvalue weighted by Crippen LogP contribution is -2.11. The predicted octanol–water partition coefficient (Wildman–Crippen LogP) is 1.60. The van der Waals surface area contributed by atoms with Crippen molar-refractivity contribution in [3.8, 4) is 5.88 Å². The molecular formula is C9H11N2O. The highest BCUT2D eigenvalue weighted by Crippen LogP contribution is 2.22. The van der Waals surface area contributed by atoms with Gasteiger partial charge >= 0.3 is 0 Å². The lowest BCUT2D eigenvalue weighted by atomic mass is 10.3. The maximum Gasteiger partial charge on any atom is 0.217 e. The molecule has 1 aliphatic rings. The molecule has 0 bridgehead atoms. The van der Waals surface area contributed by atoms with E-state index in [0.29, 0.717) is 12.0 Å². The fourth-order valence-corrected chi connectivity index (χ4v) is 1.49. The molecule has 1 aromatic heterocycles. The fraction of sp³-hybridized carbons (Fsp3) is 0.556. The molecule has 3 heteroatoms. The lowest BCUT2D eigenvalue weighted by molar-refractivity contribution is 0.201. The van der Waals surface area contributed by atoms with Gasteiger partial charge in [-0.15, -0.1) is 0 Å². The van der Waals surface area contributed by atoms with Crippen molar-refractivity contribution in [2.75, 3.05) is 0 Å². The molecule has 0 spiro atoms. The molecule has 0 aliphatic heterocycles. The minimum atomic E-state index is 0.369. The van der Waals surface area contributed by atoms with Crippen molar-refractivity contribution >= 4 is 0 Å². The van der Waals surface area contributed by atoms with E-state index in [1.807, 2.05) is 0 Å². The normalized spacial score (nSPS) is 18.0. The Bertz CT molecular complexity index is 232. The first kappa shape index (κ1) is 7.53. The van der Waals surface area contributed by atoms with Gasteiger partial charge < -0.3 is 4.74 Å². The van der Waals surface area contributed by atoms with Gasteiger partial charge in [0.25, 0.3) is 0 Å². The van der Waals surface area contributed by atoms with Crippen molar-refractivity contribution in [2.24, 2.45) is 0 Å². The van der Waals surface area contributed by atoms with E-state index in [9.17, 15) is 0 Å². The molecule has 0 unspecified atom stereocenters. The summed E-state index contributed by atoms with van der Waals surface area (Å²) in [6.45, 7) is 0. The van der Waals surface area contributed by atoms with Gasteiger partial charge in [0.1, 0.15) is 6.10 Å². The summed E-state index contributed by atoms with van der Waals surface area (Å²) in [5.41, 5.74) is 0. The zero-order valence-corrected chi connectivity index (χ0v) is 6.86. The maximum atomic E-state index is 5.59. The average molecular weight is 163 g/mol. The fourth-order valence-electron chi connectivity index (χ4n) is 1.49. The molecule has 1 fully saturated rings. The van der Waals surface area contributed by atoms with Crippen molar-refractivity contribution in [1.29, 1.82) is 0 Å². The van der Waals surface area contributed by atoms with Crippen LogP contribution in [0.4, 0.5) is 0 Å². The highest BCUT2D eigenvalue weighted by molar-refractivity contribution is 5.04. The number of ether oxygens (including phenoxy) is 1. The average Bonchev–Trinajstić information content (AvgIpc) is 2.59. The molecule has 12 heavy (non-hydrogen) atoms. The Morgan fingerprint density at radius 2 is 2.25 bits per heavy atom. The number of hydrogen-bond acceptors (Lipinski definition) is 3. The molecule has 3 nitrogen and oxygen atoms in total. The Balaban J connectivity index is 1.94. The smallest absolute Gasteiger partial charge is 0.217 e. The van der Waals surface area contributed by atoms with Crippen LogP contribution in [0.2, 0.25) is 0 Å². The van der Waals surface area contributed by atoms with Crippen LogP contribution in [-0.4, -0.2) is 16.1 Å². The summed E-state index contributed by atoms with van der Waals surface area (Å²) >= 11 is 0. The van der Waals surface area contributed by atoms with E-state index in [1.54, 1.807) is 12.3 Å². The molecule has 1 aromatic rings. The van der Waals surface area contributed by atoms with E-state index in [-0.39, 0.29) is 0 Å². The Labute approximate surface area is 71.8 Å². The molecule has 0 atom stereocenters. The first-order valence-corrected chi connectivity index (χ1v) is 4.31. The number of nitrogens with zero attached hydrogens (tertiary/aromatic N) is 2. The van der Waals surface area contributed by atoms with Crippen molar-refractivity contribution in [3.63, 3.8) is 0 Å². The van der Waals surface area contributed by atoms with E-state index >= 15 is 0 Å². The molecule has 1 saturated carbocycles. The van der Waals surface area contributed by atoms with E-state index in [1.165, 1.54) is 12.8 Å². The van der Waals surface area contributed by atoms with Gasteiger partial charge in [0.05, 0.1) is 0 Å². The summed E-state index contributed by atoms with van der Waals surface area (Å²) in [5.74, 6) is 0.650. The quantitative estimate of drug-likeness (QED) is 0.664. The van der Waals surface area contributed by atoms with Crippen LogP contribution in [0.3, 0.4) is 0 Å². The van der Waals surface area contributed by atoms with Crippen LogP contribution >= 0.6 is 0 Å². The summed E-state index contributed by atoms with van der Waals surface area (Å²) in [7, 11) is 0. The molecule has 1 radical (unpaired) electrons. The molecule has 0 N–H and O–H groups in total. The SMILES string of the molecule is [c]1nccc(OC2CCCC2)n1. The molecule has 0 aromatic carbocycles. The summed E-state index contributed by atoms with van der Waals surface area (Å²) in [4.78, 5) is 7.59. The van der Waals surface area contributed by atoms with Crippen molar-refractivity contribution in [2.45, 2.75) is 31.8 Å². The van der Waals surface area contributed by atoms with Crippen LogP contribution in [0.1, 0.15) is 25.7 Å². The predicted molar refractivity (Wildman–Crippen MR) is 43.8 cm³/mol. The van der Waals surface area contributed by atoms with Gasteiger partial charge in [-0.25, -0.2) is 4.98 Å². The van der Waals surface area contributed by atoms with Gasteiger partial charge in [-0.3, -0.25) is 0 Å². The van der Waals surface area contributed by atoms with E-state index in [4.69, 9.17) is 4.74 Å². The molecule has 63 valence electrons. The minimum Gasteiger partial charge on any atom is -0.474 e. The third-order valence-electron chi connectivity index (χ3n) is 2.10. The Morgan fingerprint density at radius 1 is 1.42 bits per heavy atom. The lowest BCUT2D eigenvalue weighted by Gasteiger charge is -2.10. The van der Waals surface area contributed by atoms with Gasteiger partial charge in [-0.1, -0.05) is 0 Å². The standard InChI is InChI=1S/C9H11N2O/c1-2-4-8(3-1)12-9-5-6-10-7-11-9/h5-6,8H,1-4H2. The second-order valence-corrected chi connectivity index (χ2v) is 3.02. The van der Waals surface area contributed by atoms with Gasteiger partial charge in [-0.2, -0.15) is 4.98 Å². The first-order chi connectivity index (χ1) is 5.95. The molecule has 2 rings (SSSR count). The third kappa shape index (κ3) is 1.72. The number of aromatic nitrogens is 2. The van der Waals surface area contributed by atoms with Crippen molar-refractivity contribution in [1.82, 2.24) is 9.97 Å². The van der Waals surface area contributed by atoms with Gasteiger partial charge in [0.2, 0.25) is 12.2 Å². The molecule has 0 amide bonds. The van der Waals surface area contributed by atoms with E-state index in [0.717, 1.165) is 12.8 Å².